The van der Waals surface area contributed by atoms with E-state index in [1.165, 1.54) is 16.8 Å². The Morgan fingerprint density at radius 3 is 2.79 bits per heavy atom. The van der Waals surface area contributed by atoms with Crippen LogP contribution in [0.2, 0.25) is 0 Å². The molecule has 0 bridgehead atoms. The van der Waals surface area contributed by atoms with E-state index in [1.807, 2.05) is 31.2 Å². The fourth-order valence-corrected chi connectivity index (χ4v) is 1.83. The number of aryl methyl sites for hydroxylation is 3. The SMILES string of the molecule is Cc1cccc(CCn2nc(C(=O)O)ccc2=O)c1. The first-order valence-corrected chi connectivity index (χ1v) is 5.93. The lowest BCUT2D eigenvalue weighted by Gasteiger charge is -2.06. The van der Waals surface area contributed by atoms with Crippen molar-refractivity contribution in [1.29, 1.82) is 0 Å². The molecule has 0 amide bonds. The minimum absolute atomic E-state index is 0.121. The van der Waals surface area contributed by atoms with E-state index >= 15 is 0 Å². The first kappa shape index (κ1) is 13.0. The molecule has 5 nitrogen and oxygen atoms in total. The zero-order chi connectivity index (χ0) is 13.8. The Hall–Kier alpha value is -2.43. The maximum atomic E-state index is 11.6. The van der Waals surface area contributed by atoms with E-state index in [0.717, 1.165) is 11.1 Å². The number of hydrogen-bond donors (Lipinski definition) is 1. The molecule has 0 fully saturated rings. The van der Waals surface area contributed by atoms with Gasteiger partial charge in [-0.05, 0) is 25.0 Å². The van der Waals surface area contributed by atoms with Gasteiger partial charge < -0.3 is 5.11 Å². The molecule has 1 aromatic heterocycles. The van der Waals surface area contributed by atoms with Crippen molar-refractivity contribution in [2.45, 2.75) is 19.9 Å². The molecule has 2 aromatic rings. The van der Waals surface area contributed by atoms with E-state index in [-0.39, 0.29) is 11.3 Å². The number of benzene rings is 1. The summed E-state index contributed by atoms with van der Waals surface area (Å²) in [7, 11) is 0. The highest BCUT2D eigenvalue weighted by Gasteiger charge is 2.07. The predicted molar refractivity (Wildman–Crippen MR) is 70.3 cm³/mol. The van der Waals surface area contributed by atoms with Gasteiger partial charge in [-0.2, -0.15) is 5.10 Å². The average molecular weight is 258 g/mol. The zero-order valence-corrected chi connectivity index (χ0v) is 10.5. The molecule has 1 aromatic carbocycles. The van der Waals surface area contributed by atoms with Gasteiger partial charge in [-0.1, -0.05) is 29.8 Å². The molecule has 5 heteroatoms. The van der Waals surface area contributed by atoms with Crippen LogP contribution in [0.25, 0.3) is 0 Å². The van der Waals surface area contributed by atoms with Crippen molar-refractivity contribution in [3.8, 4) is 0 Å². The average Bonchev–Trinajstić information content (AvgIpc) is 2.37. The van der Waals surface area contributed by atoms with Gasteiger partial charge in [0.1, 0.15) is 0 Å². The lowest BCUT2D eigenvalue weighted by atomic mass is 10.1. The summed E-state index contributed by atoms with van der Waals surface area (Å²) in [5.74, 6) is -1.13. The number of aromatic nitrogens is 2. The van der Waals surface area contributed by atoms with Crippen LogP contribution in [0.1, 0.15) is 21.6 Å². The lowest BCUT2D eigenvalue weighted by molar-refractivity contribution is 0.0687. The predicted octanol–water partition coefficient (Wildman–Crippen LogP) is 1.49. The van der Waals surface area contributed by atoms with Gasteiger partial charge in [0.25, 0.3) is 5.56 Å². The van der Waals surface area contributed by atoms with E-state index in [9.17, 15) is 9.59 Å². The van der Waals surface area contributed by atoms with E-state index < -0.39 is 5.97 Å². The highest BCUT2D eigenvalue weighted by Crippen LogP contribution is 2.05. The van der Waals surface area contributed by atoms with Crippen LogP contribution in [-0.4, -0.2) is 20.9 Å². The number of nitrogens with zero attached hydrogens (tertiary/aromatic N) is 2. The quantitative estimate of drug-likeness (QED) is 0.901. The summed E-state index contributed by atoms with van der Waals surface area (Å²) >= 11 is 0. The summed E-state index contributed by atoms with van der Waals surface area (Å²) in [5, 5.41) is 12.7. The number of carboxylic acid groups (broad SMARTS) is 1. The van der Waals surface area contributed by atoms with Crippen LogP contribution in [0.5, 0.6) is 0 Å². The second kappa shape index (κ2) is 5.48. The molecule has 0 saturated carbocycles. The van der Waals surface area contributed by atoms with Gasteiger partial charge in [0.15, 0.2) is 5.69 Å². The molecule has 0 unspecified atom stereocenters. The number of carbonyl (C=O) groups is 1. The summed E-state index contributed by atoms with van der Waals surface area (Å²) in [6, 6.07) is 10.4. The van der Waals surface area contributed by atoms with Gasteiger partial charge in [-0.25, -0.2) is 9.48 Å². The normalized spacial score (nSPS) is 10.4. The largest absolute Gasteiger partial charge is 0.476 e. The van der Waals surface area contributed by atoms with Crippen LogP contribution in [0.3, 0.4) is 0 Å². The third-order valence-electron chi connectivity index (χ3n) is 2.78. The van der Waals surface area contributed by atoms with Crippen molar-refractivity contribution in [2.75, 3.05) is 0 Å². The summed E-state index contributed by atoms with van der Waals surface area (Å²) in [6.45, 7) is 2.36. The molecule has 19 heavy (non-hydrogen) atoms. The molecule has 2 rings (SSSR count). The Kier molecular flexibility index (Phi) is 3.75. The van der Waals surface area contributed by atoms with Crippen molar-refractivity contribution in [1.82, 2.24) is 9.78 Å². The van der Waals surface area contributed by atoms with Crippen LogP contribution < -0.4 is 5.56 Å². The van der Waals surface area contributed by atoms with Crippen molar-refractivity contribution < 1.29 is 9.90 Å². The van der Waals surface area contributed by atoms with Crippen LogP contribution in [0.4, 0.5) is 0 Å². The zero-order valence-electron chi connectivity index (χ0n) is 10.5. The van der Waals surface area contributed by atoms with Gasteiger partial charge in [0.05, 0.1) is 0 Å². The fourth-order valence-electron chi connectivity index (χ4n) is 1.83. The number of carboxylic acids is 1. The van der Waals surface area contributed by atoms with E-state index in [2.05, 4.69) is 5.10 Å². The Bertz CT molecular complexity index is 662. The number of hydrogen-bond acceptors (Lipinski definition) is 3. The van der Waals surface area contributed by atoms with Crippen molar-refractivity contribution in [3.05, 3.63) is 63.6 Å². The summed E-state index contributed by atoms with van der Waals surface area (Å²) in [5.41, 5.74) is 1.83. The van der Waals surface area contributed by atoms with Gasteiger partial charge in [-0.15, -0.1) is 0 Å². The smallest absolute Gasteiger partial charge is 0.356 e. The monoisotopic (exact) mass is 258 g/mol. The standard InChI is InChI=1S/C14H14N2O3/c1-10-3-2-4-11(9-10)7-8-16-13(17)6-5-12(15-16)14(18)19/h2-6,9H,7-8H2,1H3,(H,18,19). The minimum Gasteiger partial charge on any atom is -0.476 e. The van der Waals surface area contributed by atoms with Gasteiger partial charge in [0.2, 0.25) is 0 Å². The van der Waals surface area contributed by atoms with Gasteiger partial charge >= 0.3 is 5.97 Å². The Morgan fingerprint density at radius 1 is 1.32 bits per heavy atom. The number of rotatable bonds is 4. The highest BCUT2D eigenvalue weighted by atomic mass is 16.4. The Morgan fingerprint density at radius 2 is 2.11 bits per heavy atom. The van der Waals surface area contributed by atoms with Crippen molar-refractivity contribution in [2.24, 2.45) is 0 Å². The Labute approximate surface area is 110 Å². The van der Waals surface area contributed by atoms with Crippen LogP contribution in [0, 0.1) is 6.92 Å². The second-order valence-electron chi connectivity index (χ2n) is 4.32. The molecule has 98 valence electrons. The Balaban J connectivity index is 2.17. The maximum Gasteiger partial charge on any atom is 0.356 e. The fraction of sp³-hybridized carbons (Fsp3) is 0.214. The molecule has 0 atom stereocenters. The first-order valence-electron chi connectivity index (χ1n) is 5.93. The minimum atomic E-state index is -1.13. The maximum absolute atomic E-state index is 11.6. The lowest BCUT2D eigenvalue weighted by Crippen LogP contribution is -2.25. The molecule has 1 N–H and O–H groups in total. The van der Waals surface area contributed by atoms with Gasteiger partial charge in [-0.3, -0.25) is 4.79 Å². The van der Waals surface area contributed by atoms with E-state index in [1.54, 1.807) is 0 Å². The van der Waals surface area contributed by atoms with E-state index in [4.69, 9.17) is 5.11 Å². The number of aromatic carboxylic acids is 1. The summed E-state index contributed by atoms with van der Waals surface area (Å²) in [6.07, 6.45) is 0.637. The van der Waals surface area contributed by atoms with Gasteiger partial charge in [0, 0.05) is 12.6 Å². The molecule has 1 heterocycles. The third-order valence-corrected chi connectivity index (χ3v) is 2.78. The molecule has 0 aliphatic rings. The first-order chi connectivity index (χ1) is 9.06. The summed E-state index contributed by atoms with van der Waals surface area (Å²) < 4.78 is 1.19. The molecular formula is C14H14N2O3. The topological polar surface area (TPSA) is 72.2 Å². The van der Waals surface area contributed by atoms with Crippen LogP contribution in [-0.2, 0) is 13.0 Å². The van der Waals surface area contributed by atoms with Crippen molar-refractivity contribution >= 4 is 5.97 Å². The molecule has 0 aliphatic heterocycles. The molecule has 0 saturated heterocycles. The van der Waals surface area contributed by atoms with Crippen LogP contribution >= 0.6 is 0 Å². The molecule has 0 aliphatic carbocycles. The second-order valence-corrected chi connectivity index (χ2v) is 4.32. The molecular weight excluding hydrogens is 244 g/mol. The van der Waals surface area contributed by atoms with Crippen molar-refractivity contribution in [3.63, 3.8) is 0 Å². The van der Waals surface area contributed by atoms with E-state index in [0.29, 0.717) is 13.0 Å². The summed E-state index contributed by atoms with van der Waals surface area (Å²) in [4.78, 5) is 22.4. The molecule has 0 radical (unpaired) electrons. The highest BCUT2D eigenvalue weighted by molar-refractivity contribution is 5.84. The van der Waals surface area contributed by atoms with Crippen LogP contribution in [0.15, 0.2) is 41.2 Å². The third kappa shape index (κ3) is 3.28. The molecule has 0 spiro atoms.